The molecule has 1 aliphatic carbocycles. The molecule has 13 heavy (non-hydrogen) atoms. The van der Waals surface area contributed by atoms with Crippen molar-refractivity contribution in [3.05, 3.63) is 0 Å². The number of rotatable bonds is 2. The summed E-state index contributed by atoms with van der Waals surface area (Å²) in [5.41, 5.74) is -1.03. The van der Waals surface area contributed by atoms with Crippen molar-refractivity contribution in [2.24, 2.45) is 11.8 Å². The lowest BCUT2D eigenvalue weighted by atomic mass is 9.73. The fraction of sp³-hybridized carbons (Fsp3) is 1.00. The van der Waals surface area contributed by atoms with Crippen LogP contribution in [-0.4, -0.2) is 33.6 Å². The SMILES string of the molecule is C[C@H]1CC[C@@H]([C@@](C)(O)CO)C[C@H]1O. The van der Waals surface area contributed by atoms with E-state index < -0.39 is 5.60 Å². The summed E-state index contributed by atoms with van der Waals surface area (Å²) in [4.78, 5) is 0. The van der Waals surface area contributed by atoms with Crippen molar-refractivity contribution >= 4 is 0 Å². The van der Waals surface area contributed by atoms with Crippen LogP contribution >= 0.6 is 0 Å². The van der Waals surface area contributed by atoms with E-state index in [-0.39, 0.29) is 18.6 Å². The van der Waals surface area contributed by atoms with E-state index in [1.54, 1.807) is 6.92 Å². The molecule has 1 saturated carbocycles. The molecule has 1 rings (SSSR count). The van der Waals surface area contributed by atoms with Gasteiger partial charge in [0.2, 0.25) is 0 Å². The Bertz CT molecular complexity index is 168. The number of hydrogen-bond donors (Lipinski definition) is 3. The van der Waals surface area contributed by atoms with Gasteiger partial charge in [-0.2, -0.15) is 0 Å². The van der Waals surface area contributed by atoms with Crippen molar-refractivity contribution in [1.82, 2.24) is 0 Å². The maximum Gasteiger partial charge on any atom is 0.0878 e. The van der Waals surface area contributed by atoms with E-state index in [2.05, 4.69) is 0 Å². The molecule has 3 nitrogen and oxygen atoms in total. The molecule has 0 aromatic heterocycles. The van der Waals surface area contributed by atoms with Crippen molar-refractivity contribution in [1.29, 1.82) is 0 Å². The van der Waals surface area contributed by atoms with Crippen molar-refractivity contribution in [2.75, 3.05) is 6.61 Å². The first kappa shape index (κ1) is 11.0. The highest BCUT2D eigenvalue weighted by molar-refractivity contribution is 4.88. The highest BCUT2D eigenvalue weighted by atomic mass is 16.3. The van der Waals surface area contributed by atoms with Crippen molar-refractivity contribution in [2.45, 2.75) is 44.8 Å². The Balaban J connectivity index is 2.55. The van der Waals surface area contributed by atoms with Crippen LogP contribution in [0.5, 0.6) is 0 Å². The number of aliphatic hydroxyl groups is 3. The summed E-state index contributed by atoms with van der Waals surface area (Å²) in [6.45, 7) is 3.44. The summed E-state index contributed by atoms with van der Waals surface area (Å²) in [5.74, 6) is 0.356. The molecular weight excluding hydrogens is 168 g/mol. The minimum Gasteiger partial charge on any atom is -0.393 e. The second-order valence-electron chi connectivity index (χ2n) is 4.57. The van der Waals surface area contributed by atoms with Crippen molar-refractivity contribution in [3.63, 3.8) is 0 Å². The predicted octanol–water partition coefficient (Wildman–Crippen LogP) is 0.527. The molecule has 0 aromatic rings. The second kappa shape index (κ2) is 3.95. The van der Waals surface area contributed by atoms with Crippen LogP contribution in [0.2, 0.25) is 0 Å². The molecule has 0 heterocycles. The molecule has 0 aliphatic heterocycles. The van der Waals surface area contributed by atoms with Gasteiger partial charge in [0.1, 0.15) is 0 Å². The van der Waals surface area contributed by atoms with E-state index in [1.807, 2.05) is 6.92 Å². The Kier molecular flexibility index (Phi) is 3.33. The van der Waals surface area contributed by atoms with Gasteiger partial charge in [-0.15, -0.1) is 0 Å². The van der Waals surface area contributed by atoms with Crippen LogP contribution in [0, 0.1) is 11.8 Å². The van der Waals surface area contributed by atoms with Gasteiger partial charge in [-0.1, -0.05) is 6.92 Å². The number of hydrogen-bond acceptors (Lipinski definition) is 3. The third kappa shape index (κ3) is 2.42. The van der Waals surface area contributed by atoms with Gasteiger partial charge in [0.05, 0.1) is 18.3 Å². The minimum absolute atomic E-state index is 0.0312. The summed E-state index contributed by atoms with van der Waals surface area (Å²) < 4.78 is 0. The number of aliphatic hydroxyl groups excluding tert-OH is 2. The molecule has 0 unspecified atom stereocenters. The summed E-state index contributed by atoms with van der Waals surface area (Å²) in [6, 6.07) is 0. The van der Waals surface area contributed by atoms with E-state index in [0.29, 0.717) is 12.3 Å². The first-order valence-electron chi connectivity index (χ1n) is 4.98. The van der Waals surface area contributed by atoms with E-state index >= 15 is 0 Å². The molecule has 1 fully saturated rings. The zero-order valence-electron chi connectivity index (χ0n) is 8.40. The first-order chi connectivity index (χ1) is 5.97. The molecule has 78 valence electrons. The minimum atomic E-state index is -1.03. The first-order valence-corrected chi connectivity index (χ1v) is 4.98. The van der Waals surface area contributed by atoms with Crippen LogP contribution < -0.4 is 0 Å². The maximum atomic E-state index is 9.79. The molecule has 3 N–H and O–H groups in total. The van der Waals surface area contributed by atoms with Crippen molar-refractivity contribution < 1.29 is 15.3 Å². The molecule has 0 radical (unpaired) electrons. The molecule has 1 aliphatic rings. The third-order valence-corrected chi connectivity index (χ3v) is 3.35. The van der Waals surface area contributed by atoms with E-state index in [1.165, 1.54) is 0 Å². The molecule has 0 saturated heterocycles. The fourth-order valence-corrected chi connectivity index (χ4v) is 1.99. The largest absolute Gasteiger partial charge is 0.393 e. The Morgan fingerprint density at radius 3 is 2.46 bits per heavy atom. The quantitative estimate of drug-likeness (QED) is 0.592. The normalized spacial score (nSPS) is 39.9. The summed E-state index contributed by atoms with van der Waals surface area (Å²) in [6.07, 6.45) is 2.11. The highest BCUT2D eigenvalue weighted by Crippen LogP contribution is 2.35. The molecule has 0 bridgehead atoms. The van der Waals surface area contributed by atoms with Gasteiger partial charge < -0.3 is 15.3 Å². The highest BCUT2D eigenvalue weighted by Gasteiger charge is 2.37. The van der Waals surface area contributed by atoms with Gasteiger partial charge in [0, 0.05) is 0 Å². The van der Waals surface area contributed by atoms with Crippen LogP contribution in [0.25, 0.3) is 0 Å². The van der Waals surface area contributed by atoms with Gasteiger partial charge in [-0.05, 0) is 38.0 Å². The van der Waals surface area contributed by atoms with E-state index in [4.69, 9.17) is 5.11 Å². The van der Waals surface area contributed by atoms with Gasteiger partial charge in [0.25, 0.3) is 0 Å². The third-order valence-electron chi connectivity index (χ3n) is 3.35. The Morgan fingerprint density at radius 1 is 1.38 bits per heavy atom. The zero-order valence-corrected chi connectivity index (χ0v) is 8.40. The van der Waals surface area contributed by atoms with Crippen LogP contribution in [0.3, 0.4) is 0 Å². The summed E-state index contributed by atoms with van der Waals surface area (Å²) in [5, 5.41) is 28.4. The standard InChI is InChI=1S/C10H20O3/c1-7-3-4-8(5-9(7)12)10(2,13)6-11/h7-9,11-13H,3-6H2,1-2H3/t7-,8+,9+,10-/m0/s1. The molecule has 0 spiro atoms. The fourth-order valence-electron chi connectivity index (χ4n) is 1.99. The molecule has 0 aromatic carbocycles. The lowest BCUT2D eigenvalue weighted by Crippen LogP contribution is -2.43. The molecule has 4 atom stereocenters. The van der Waals surface area contributed by atoms with E-state index in [0.717, 1.165) is 12.8 Å². The lowest BCUT2D eigenvalue weighted by molar-refractivity contribution is -0.0836. The van der Waals surface area contributed by atoms with Crippen LogP contribution in [0.4, 0.5) is 0 Å². The van der Waals surface area contributed by atoms with E-state index in [9.17, 15) is 10.2 Å². The van der Waals surface area contributed by atoms with Crippen molar-refractivity contribution in [3.8, 4) is 0 Å². The Morgan fingerprint density at radius 2 is 2.00 bits per heavy atom. The van der Waals surface area contributed by atoms with Gasteiger partial charge in [0.15, 0.2) is 0 Å². The summed E-state index contributed by atoms with van der Waals surface area (Å²) >= 11 is 0. The van der Waals surface area contributed by atoms with Gasteiger partial charge in [-0.3, -0.25) is 0 Å². The van der Waals surface area contributed by atoms with Crippen LogP contribution in [-0.2, 0) is 0 Å². The molecule has 0 amide bonds. The summed E-state index contributed by atoms with van der Waals surface area (Å²) in [7, 11) is 0. The maximum absolute atomic E-state index is 9.79. The Labute approximate surface area is 79.4 Å². The molecule has 3 heteroatoms. The van der Waals surface area contributed by atoms with Crippen LogP contribution in [0.15, 0.2) is 0 Å². The monoisotopic (exact) mass is 188 g/mol. The van der Waals surface area contributed by atoms with Crippen LogP contribution in [0.1, 0.15) is 33.1 Å². The smallest absolute Gasteiger partial charge is 0.0878 e. The topological polar surface area (TPSA) is 60.7 Å². The average Bonchev–Trinajstić information content (AvgIpc) is 2.09. The predicted molar refractivity (Wildman–Crippen MR) is 50.2 cm³/mol. The average molecular weight is 188 g/mol. The van der Waals surface area contributed by atoms with Gasteiger partial charge in [-0.25, -0.2) is 0 Å². The van der Waals surface area contributed by atoms with Gasteiger partial charge >= 0.3 is 0 Å². The zero-order chi connectivity index (χ0) is 10.1. The Hall–Kier alpha value is -0.120. The lowest BCUT2D eigenvalue weighted by Gasteiger charge is -2.38. The molecular formula is C10H20O3. The second-order valence-corrected chi connectivity index (χ2v) is 4.57.